The molecule has 172 valence electrons. The molecule has 0 spiro atoms. The van der Waals surface area contributed by atoms with Gasteiger partial charge in [0.25, 0.3) is 5.91 Å². The maximum atomic E-state index is 12.9. The summed E-state index contributed by atoms with van der Waals surface area (Å²) in [5.74, 6) is 2.80. The van der Waals surface area contributed by atoms with Gasteiger partial charge in [0.2, 0.25) is 5.75 Å². The molecular formula is C24H27N5O4. The molecule has 0 radical (unpaired) electrons. The van der Waals surface area contributed by atoms with Crippen LogP contribution in [0.2, 0.25) is 0 Å². The second-order valence-electron chi connectivity index (χ2n) is 7.41. The summed E-state index contributed by atoms with van der Waals surface area (Å²) in [6, 6.07) is 14.7. The molecule has 1 fully saturated rings. The van der Waals surface area contributed by atoms with Gasteiger partial charge in [-0.15, -0.1) is 0 Å². The van der Waals surface area contributed by atoms with Gasteiger partial charge in [0.15, 0.2) is 11.5 Å². The quantitative estimate of drug-likeness (QED) is 0.589. The first kappa shape index (κ1) is 22.2. The zero-order valence-electron chi connectivity index (χ0n) is 18.9. The number of nitrogens with one attached hydrogen (secondary N) is 1. The van der Waals surface area contributed by atoms with Gasteiger partial charge in [-0.05, 0) is 24.3 Å². The lowest BCUT2D eigenvalue weighted by Gasteiger charge is -2.36. The van der Waals surface area contributed by atoms with E-state index >= 15 is 0 Å². The average Bonchev–Trinajstić information content (AvgIpc) is 2.88. The monoisotopic (exact) mass is 449 g/mol. The molecule has 1 N–H and O–H groups in total. The Balaban J connectivity index is 1.45. The summed E-state index contributed by atoms with van der Waals surface area (Å²) >= 11 is 0. The van der Waals surface area contributed by atoms with Crippen LogP contribution in [0.5, 0.6) is 17.2 Å². The molecule has 9 heteroatoms. The van der Waals surface area contributed by atoms with Crippen molar-refractivity contribution in [2.75, 3.05) is 62.6 Å². The van der Waals surface area contributed by atoms with Gasteiger partial charge in [-0.1, -0.05) is 12.1 Å². The molecule has 0 aliphatic carbocycles. The first-order valence-corrected chi connectivity index (χ1v) is 10.6. The minimum absolute atomic E-state index is 0.321. The van der Waals surface area contributed by atoms with Crippen LogP contribution in [0.4, 0.5) is 17.3 Å². The van der Waals surface area contributed by atoms with E-state index in [1.807, 2.05) is 30.3 Å². The Kier molecular flexibility index (Phi) is 6.77. The summed E-state index contributed by atoms with van der Waals surface area (Å²) in [4.78, 5) is 26.4. The Morgan fingerprint density at radius 3 is 2.06 bits per heavy atom. The van der Waals surface area contributed by atoms with Crippen molar-refractivity contribution in [3.05, 3.63) is 60.4 Å². The van der Waals surface area contributed by atoms with Gasteiger partial charge in [-0.2, -0.15) is 0 Å². The van der Waals surface area contributed by atoms with Crippen molar-refractivity contribution in [1.82, 2.24) is 9.97 Å². The number of aromatic nitrogens is 2. The fourth-order valence-electron chi connectivity index (χ4n) is 3.78. The van der Waals surface area contributed by atoms with E-state index < -0.39 is 0 Å². The lowest BCUT2D eigenvalue weighted by Crippen LogP contribution is -2.47. The maximum Gasteiger partial charge on any atom is 0.274 e. The molecule has 1 amide bonds. The number of anilines is 3. The molecule has 1 aromatic carbocycles. The molecule has 3 heterocycles. The molecule has 3 aromatic rings. The van der Waals surface area contributed by atoms with E-state index in [1.54, 1.807) is 24.4 Å². The fourth-order valence-corrected chi connectivity index (χ4v) is 3.78. The Labute approximate surface area is 192 Å². The Bertz CT molecular complexity index is 1080. The third kappa shape index (κ3) is 4.92. The third-order valence-corrected chi connectivity index (χ3v) is 5.47. The standard InChI is InChI=1S/C24H27N5O4/c1-31-19-15-17(16-20(32-2)23(19)33-3)26-24(30)18-7-6-9-22(27-18)29-13-11-28(12-14-29)21-8-4-5-10-25-21/h4-10,15-16H,11-14H2,1-3H3,(H,26,30). The maximum absolute atomic E-state index is 12.9. The van der Waals surface area contributed by atoms with Crippen molar-refractivity contribution in [3.8, 4) is 17.2 Å². The highest BCUT2D eigenvalue weighted by atomic mass is 16.5. The highest BCUT2D eigenvalue weighted by Gasteiger charge is 2.20. The lowest BCUT2D eigenvalue weighted by atomic mass is 10.2. The van der Waals surface area contributed by atoms with Crippen molar-refractivity contribution in [2.24, 2.45) is 0 Å². The predicted octanol–water partition coefficient (Wildman–Crippen LogP) is 3.08. The Hall–Kier alpha value is -4.01. The van der Waals surface area contributed by atoms with E-state index in [9.17, 15) is 4.79 Å². The highest BCUT2D eigenvalue weighted by Crippen LogP contribution is 2.40. The van der Waals surface area contributed by atoms with Crippen molar-refractivity contribution in [3.63, 3.8) is 0 Å². The minimum atomic E-state index is -0.321. The number of nitrogens with zero attached hydrogens (tertiary/aromatic N) is 4. The van der Waals surface area contributed by atoms with Crippen molar-refractivity contribution in [2.45, 2.75) is 0 Å². The van der Waals surface area contributed by atoms with E-state index in [0.29, 0.717) is 28.6 Å². The molecule has 4 rings (SSSR count). The SMILES string of the molecule is COc1cc(NC(=O)c2cccc(N3CCN(c4ccccn4)CC3)n2)cc(OC)c1OC. The largest absolute Gasteiger partial charge is 0.493 e. The zero-order valence-corrected chi connectivity index (χ0v) is 18.9. The first-order chi connectivity index (χ1) is 16.1. The van der Waals surface area contributed by atoms with E-state index in [0.717, 1.165) is 37.8 Å². The summed E-state index contributed by atoms with van der Waals surface area (Å²) in [7, 11) is 4.59. The molecule has 0 bridgehead atoms. The topological polar surface area (TPSA) is 89.1 Å². The molecule has 1 saturated heterocycles. The smallest absolute Gasteiger partial charge is 0.274 e. The normalized spacial score (nSPS) is 13.4. The number of rotatable bonds is 7. The van der Waals surface area contributed by atoms with E-state index in [1.165, 1.54) is 21.3 Å². The van der Waals surface area contributed by atoms with Crippen LogP contribution in [0.25, 0.3) is 0 Å². The molecule has 9 nitrogen and oxygen atoms in total. The summed E-state index contributed by atoms with van der Waals surface area (Å²) in [6.07, 6.45) is 1.80. The number of carbonyl (C=O) groups excluding carboxylic acids is 1. The molecule has 0 saturated carbocycles. The lowest BCUT2D eigenvalue weighted by molar-refractivity contribution is 0.102. The van der Waals surface area contributed by atoms with Gasteiger partial charge >= 0.3 is 0 Å². The number of amides is 1. The van der Waals surface area contributed by atoms with Gasteiger partial charge in [0.1, 0.15) is 17.3 Å². The van der Waals surface area contributed by atoms with Crippen LogP contribution < -0.4 is 29.3 Å². The number of methoxy groups -OCH3 is 3. The number of ether oxygens (including phenoxy) is 3. The van der Waals surface area contributed by atoms with E-state index in [4.69, 9.17) is 14.2 Å². The van der Waals surface area contributed by atoms with Crippen LogP contribution in [0.1, 0.15) is 10.5 Å². The van der Waals surface area contributed by atoms with Gasteiger partial charge < -0.3 is 29.3 Å². The van der Waals surface area contributed by atoms with E-state index in [2.05, 4.69) is 25.1 Å². The second kappa shape index (κ2) is 10.1. The summed E-state index contributed by atoms with van der Waals surface area (Å²) in [5, 5.41) is 2.87. The van der Waals surface area contributed by atoms with Crippen LogP contribution >= 0.6 is 0 Å². The number of pyridine rings is 2. The predicted molar refractivity (Wildman–Crippen MR) is 127 cm³/mol. The van der Waals surface area contributed by atoms with E-state index in [-0.39, 0.29) is 5.91 Å². The van der Waals surface area contributed by atoms with Crippen LogP contribution in [-0.2, 0) is 0 Å². The third-order valence-electron chi connectivity index (χ3n) is 5.47. The molecular weight excluding hydrogens is 422 g/mol. The van der Waals surface area contributed by atoms with Crippen LogP contribution in [-0.4, -0.2) is 63.4 Å². The van der Waals surface area contributed by atoms with Crippen molar-refractivity contribution < 1.29 is 19.0 Å². The summed E-state index contributed by atoms with van der Waals surface area (Å²) < 4.78 is 16.1. The molecule has 0 atom stereocenters. The number of piperazine rings is 1. The number of hydrogen-bond acceptors (Lipinski definition) is 8. The molecule has 33 heavy (non-hydrogen) atoms. The molecule has 1 aliphatic rings. The number of benzene rings is 1. The first-order valence-electron chi connectivity index (χ1n) is 10.6. The highest BCUT2D eigenvalue weighted by molar-refractivity contribution is 6.03. The van der Waals surface area contributed by atoms with Crippen LogP contribution in [0.3, 0.4) is 0 Å². The molecule has 0 unspecified atom stereocenters. The number of hydrogen-bond donors (Lipinski definition) is 1. The second-order valence-corrected chi connectivity index (χ2v) is 7.41. The van der Waals surface area contributed by atoms with Gasteiger partial charge in [0, 0.05) is 50.2 Å². The van der Waals surface area contributed by atoms with Crippen LogP contribution in [0.15, 0.2) is 54.7 Å². The van der Waals surface area contributed by atoms with Crippen molar-refractivity contribution in [1.29, 1.82) is 0 Å². The average molecular weight is 450 g/mol. The Morgan fingerprint density at radius 2 is 1.48 bits per heavy atom. The van der Waals surface area contributed by atoms with Crippen LogP contribution in [0, 0.1) is 0 Å². The van der Waals surface area contributed by atoms with Gasteiger partial charge in [-0.3, -0.25) is 4.79 Å². The zero-order chi connectivity index (χ0) is 23.2. The Morgan fingerprint density at radius 1 is 0.848 bits per heavy atom. The molecule has 1 aliphatic heterocycles. The van der Waals surface area contributed by atoms with Gasteiger partial charge in [-0.25, -0.2) is 9.97 Å². The summed E-state index contributed by atoms with van der Waals surface area (Å²) in [6.45, 7) is 3.25. The van der Waals surface area contributed by atoms with Gasteiger partial charge in [0.05, 0.1) is 21.3 Å². The summed E-state index contributed by atoms with van der Waals surface area (Å²) in [5.41, 5.74) is 0.846. The molecule has 2 aromatic heterocycles. The minimum Gasteiger partial charge on any atom is -0.493 e. The number of carbonyl (C=O) groups is 1. The fraction of sp³-hybridized carbons (Fsp3) is 0.292. The van der Waals surface area contributed by atoms with Crippen molar-refractivity contribution >= 4 is 23.2 Å².